The van der Waals surface area contributed by atoms with E-state index in [1.165, 1.54) is 0 Å². The van der Waals surface area contributed by atoms with Crippen LogP contribution in [0, 0.1) is 11.3 Å². The van der Waals surface area contributed by atoms with Gasteiger partial charge in [-0.25, -0.2) is 4.79 Å². The van der Waals surface area contributed by atoms with Crippen molar-refractivity contribution in [2.75, 3.05) is 26.2 Å². The van der Waals surface area contributed by atoms with Crippen LogP contribution in [0.25, 0.3) is 0 Å². The monoisotopic (exact) mass is 238 g/mol. The van der Waals surface area contributed by atoms with Crippen LogP contribution in [0.5, 0.6) is 0 Å². The summed E-state index contributed by atoms with van der Waals surface area (Å²) < 4.78 is 0. The highest BCUT2D eigenvalue weighted by Crippen LogP contribution is 2.15. The van der Waals surface area contributed by atoms with Crippen molar-refractivity contribution in [3.8, 4) is 6.07 Å². The summed E-state index contributed by atoms with van der Waals surface area (Å²) in [5.74, 6) is 0. The summed E-state index contributed by atoms with van der Waals surface area (Å²) in [5, 5.41) is 11.9. The number of hydrogen-bond donors (Lipinski definition) is 1. The van der Waals surface area contributed by atoms with Crippen molar-refractivity contribution < 1.29 is 4.79 Å². The van der Waals surface area contributed by atoms with Gasteiger partial charge in [-0.1, -0.05) is 0 Å². The Hall–Kier alpha value is -1.28. The van der Waals surface area contributed by atoms with Crippen molar-refractivity contribution in [1.82, 2.24) is 15.1 Å². The number of nitrogens with zero attached hydrogens (tertiary/aromatic N) is 3. The third-order valence-corrected chi connectivity index (χ3v) is 3.04. The van der Waals surface area contributed by atoms with Crippen molar-refractivity contribution in [3.05, 3.63) is 0 Å². The summed E-state index contributed by atoms with van der Waals surface area (Å²) >= 11 is 0. The second-order valence-corrected chi connectivity index (χ2v) is 5.25. The topological polar surface area (TPSA) is 59.4 Å². The molecule has 5 nitrogen and oxygen atoms in total. The number of carbonyl (C=O) groups excluding carboxylic acids is 1. The first-order valence-electron chi connectivity index (χ1n) is 6.08. The van der Waals surface area contributed by atoms with E-state index in [-0.39, 0.29) is 12.1 Å². The van der Waals surface area contributed by atoms with Crippen LogP contribution in [0.15, 0.2) is 0 Å². The number of rotatable bonds is 2. The molecule has 0 aromatic heterocycles. The van der Waals surface area contributed by atoms with Crippen LogP contribution >= 0.6 is 0 Å². The van der Waals surface area contributed by atoms with Gasteiger partial charge in [0.1, 0.15) is 5.54 Å². The van der Waals surface area contributed by atoms with Gasteiger partial charge in [-0.3, -0.25) is 4.90 Å². The molecular weight excluding hydrogens is 216 g/mol. The molecule has 2 amide bonds. The van der Waals surface area contributed by atoms with Gasteiger partial charge in [0.15, 0.2) is 0 Å². The summed E-state index contributed by atoms with van der Waals surface area (Å²) in [7, 11) is 0. The number of nitrogens with one attached hydrogen (secondary N) is 1. The molecule has 1 aliphatic heterocycles. The maximum atomic E-state index is 11.8. The quantitative estimate of drug-likeness (QED) is 0.781. The Morgan fingerprint density at radius 3 is 2.24 bits per heavy atom. The van der Waals surface area contributed by atoms with E-state index >= 15 is 0 Å². The first-order chi connectivity index (χ1) is 7.86. The highest BCUT2D eigenvalue weighted by molar-refractivity contribution is 5.74. The molecule has 0 spiro atoms. The van der Waals surface area contributed by atoms with E-state index in [9.17, 15) is 4.79 Å². The molecular formula is C12H22N4O. The number of hydrogen-bond acceptors (Lipinski definition) is 3. The predicted octanol–water partition coefficient (Wildman–Crippen LogP) is 1.02. The third kappa shape index (κ3) is 3.60. The standard InChI is InChI=1S/C12H22N4O/c1-10(2)14-11(17)15-5-7-16(8-6-15)12(3,4)9-13/h10H,5-8H2,1-4H3,(H,14,17). The zero-order chi connectivity index (χ0) is 13.1. The van der Waals surface area contributed by atoms with Crippen molar-refractivity contribution >= 4 is 6.03 Å². The highest BCUT2D eigenvalue weighted by Gasteiger charge is 2.31. The number of urea groups is 1. The maximum Gasteiger partial charge on any atom is 0.317 e. The largest absolute Gasteiger partial charge is 0.336 e. The van der Waals surface area contributed by atoms with Gasteiger partial charge in [-0.05, 0) is 27.7 Å². The predicted molar refractivity (Wildman–Crippen MR) is 66.5 cm³/mol. The number of carbonyl (C=O) groups is 1. The van der Waals surface area contributed by atoms with Crippen LogP contribution in [-0.2, 0) is 0 Å². The molecule has 1 aliphatic rings. The lowest BCUT2D eigenvalue weighted by Gasteiger charge is -2.40. The van der Waals surface area contributed by atoms with Gasteiger partial charge >= 0.3 is 6.03 Å². The summed E-state index contributed by atoms with van der Waals surface area (Å²) in [6.07, 6.45) is 0. The molecule has 0 saturated carbocycles. The smallest absolute Gasteiger partial charge is 0.317 e. The van der Waals surface area contributed by atoms with E-state index in [1.807, 2.05) is 32.6 Å². The van der Waals surface area contributed by atoms with Gasteiger partial charge in [-0.2, -0.15) is 5.26 Å². The van der Waals surface area contributed by atoms with Gasteiger partial charge in [0.2, 0.25) is 0 Å². The van der Waals surface area contributed by atoms with E-state index in [0.29, 0.717) is 13.1 Å². The van der Waals surface area contributed by atoms with Gasteiger partial charge in [-0.15, -0.1) is 0 Å². The molecule has 1 fully saturated rings. The summed E-state index contributed by atoms with van der Waals surface area (Å²) in [6, 6.07) is 2.45. The maximum absolute atomic E-state index is 11.8. The molecule has 1 saturated heterocycles. The van der Waals surface area contributed by atoms with Gasteiger partial charge < -0.3 is 10.2 Å². The fourth-order valence-corrected chi connectivity index (χ4v) is 1.88. The van der Waals surface area contributed by atoms with Crippen molar-refractivity contribution in [2.45, 2.75) is 39.3 Å². The van der Waals surface area contributed by atoms with Crippen molar-refractivity contribution in [3.63, 3.8) is 0 Å². The highest BCUT2D eigenvalue weighted by atomic mass is 16.2. The SMILES string of the molecule is CC(C)NC(=O)N1CCN(C(C)(C)C#N)CC1. The first-order valence-corrected chi connectivity index (χ1v) is 6.08. The Morgan fingerprint density at radius 2 is 1.82 bits per heavy atom. The van der Waals surface area contributed by atoms with E-state index < -0.39 is 5.54 Å². The second-order valence-electron chi connectivity index (χ2n) is 5.25. The minimum absolute atomic E-state index is 0.00517. The van der Waals surface area contributed by atoms with Gasteiger partial charge in [0.25, 0.3) is 0 Å². The van der Waals surface area contributed by atoms with Crippen LogP contribution in [0.2, 0.25) is 0 Å². The molecule has 0 aromatic carbocycles. The van der Waals surface area contributed by atoms with Crippen LogP contribution in [0.1, 0.15) is 27.7 Å². The summed E-state index contributed by atoms with van der Waals surface area (Å²) in [6.45, 7) is 10.6. The number of piperazine rings is 1. The zero-order valence-electron chi connectivity index (χ0n) is 11.2. The number of nitriles is 1. The Morgan fingerprint density at radius 1 is 1.29 bits per heavy atom. The summed E-state index contributed by atoms with van der Waals surface area (Å²) in [5.41, 5.74) is -0.444. The van der Waals surface area contributed by atoms with E-state index in [4.69, 9.17) is 5.26 Å². The lowest BCUT2D eigenvalue weighted by atomic mass is 10.0. The van der Waals surface area contributed by atoms with Crippen LogP contribution in [0.4, 0.5) is 4.79 Å². The second kappa shape index (κ2) is 5.37. The lowest BCUT2D eigenvalue weighted by molar-refractivity contribution is 0.0918. The van der Waals surface area contributed by atoms with E-state index in [0.717, 1.165) is 13.1 Å². The fraction of sp³-hybridized carbons (Fsp3) is 0.833. The molecule has 17 heavy (non-hydrogen) atoms. The fourth-order valence-electron chi connectivity index (χ4n) is 1.88. The molecule has 0 atom stereocenters. The molecule has 0 aliphatic carbocycles. The third-order valence-electron chi connectivity index (χ3n) is 3.04. The van der Waals surface area contributed by atoms with Crippen molar-refractivity contribution in [2.24, 2.45) is 0 Å². The Balaban J connectivity index is 2.47. The van der Waals surface area contributed by atoms with Crippen LogP contribution in [-0.4, -0.2) is 53.6 Å². The summed E-state index contributed by atoms with van der Waals surface area (Å²) in [4.78, 5) is 15.7. The van der Waals surface area contributed by atoms with Gasteiger partial charge in [0.05, 0.1) is 6.07 Å². The molecule has 0 aromatic rings. The van der Waals surface area contributed by atoms with E-state index in [2.05, 4.69) is 16.3 Å². The normalized spacial score (nSPS) is 18.0. The van der Waals surface area contributed by atoms with Gasteiger partial charge in [0, 0.05) is 32.2 Å². The minimum Gasteiger partial charge on any atom is -0.336 e. The number of amides is 2. The molecule has 0 bridgehead atoms. The molecule has 1 rings (SSSR count). The molecule has 5 heteroatoms. The molecule has 0 radical (unpaired) electrons. The average molecular weight is 238 g/mol. The zero-order valence-corrected chi connectivity index (χ0v) is 11.2. The molecule has 1 N–H and O–H groups in total. The molecule has 0 unspecified atom stereocenters. The Labute approximate surface area is 103 Å². The first kappa shape index (κ1) is 13.8. The van der Waals surface area contributed by atoms with Crippen LogP contribution in [0.3, 0.4) is 0 Å². The Kier molecular flexibility index (Phi) is 4.35. The van der Waals surface area contributed by atoms with Crippen molar-refractivity contribution in [1.29, 1.82) is 5.26 Å². The minimum atomic E-state index is -0.444. The Bertz CT molecular complexity index is 311. The molecule has 1 heterocycles. The average Bonchev–Trinajstić information content (AvgIpc) is 2.28. The van der Waals surface area contributed by atoms with Crippen LogP contribution < -0.4 is 5.32 Å². The molecule has 96 valence electrons. The van der Waals surface area contributed by atoms with E-state index in [1.54, 1.807) is 0 Å². The lowest BCUT2D eigenvalue weighted by Crippen LogP contribution is -2.57.